The van der Waals surface area contributed by atoms with Gasteiger partial charge in [0.2, 0.25) is 0 Å². The summed E-state index contributed by atoms with van der Waals surface area (Å²) in [6.07, 6.45) is 16.5. The van der Waals surface area contributed by atoms with Gasteiger partial charge in [-0.2, -0.15) is 0 Å². The van der Waals surface area contributed by atoms with Crippen LogP contribution in [0.2, 0.25) is 0 Å². The molecule has 1 atom stereocenters. The quantitative estimate of drug-likeness (QED) is 0.170. The van der Waals surface area contributed by atoms with E-state index in [1.807, 2.05) is 0 Å². The van der Waals surface area contributed by atoms with Crippen molar-refractivity contribution in [3.8, 4) is 32.5 Å². The minimum atomic E-state index is -0.610. The molecule has 2 aromatic heterocycles. The Bertz CT molecular complexity index is 2810. The summed E-state index contributed by atoms with van der Waals surface area (Å²) in [6.45, 7) is 0. The average Bonchev–Trinajstić information content (AvgIpc) is 3.91. The maximum atomic E-state index is 5.07. The molecule has 2 heterocycles. The van der Waals surface area contributed by atoms with Gasteiger partial charge in [0.15, 0.2) is 0 Å². The van der Waals surface area contributed by atoms with Gasteiger partial charge in [-0.25, -0.2) is 0 Å². The van der Waals surface area contributed by atoms with Crippen LogP contribution in [0, 0.1) is 5.41 Å². The number of allylic oxidation sites excluding steroid dienone is 10. The van der Waals surface area contributed by atoms with Crippen molar-refractivity contribution in [1.82, 2.24) is 15.4 Å². The second-order valence-electron chi connectivity index (χ2n) is 13.6. The second-order valence-corrected chi connectivity index (χ2v) is 15.8. The van der Waals surface area contributed by atoms with Crippen LogP contribution < -0.4 is 0 Å². The summed E-state index contributed by atoms with van der Waals surface area (Å²) >= 11 is -0.0108. The van der Waals surface area contributed by atoms with Crippen LogP contribution in [0.4, 0.5) is 0 Å². The molecule has 1 unspecified atom stereocenters. The Morgan fingerprint density at radius 2 is 1.08 bits per heavy atom. The van der Waals surface area contributed by atoms with Gasteiger partial charge in [0.25, 0.3) is 0 Å². The molecule has 0 fully saturated rings. The Hall–Kier alpha value is -6.19. The van der Waals surface area contributed by atoms with Crippen LogP contribution in [-0.4, -0.2) is 29.9 Å². The summed E-state index contributed by atoms with van der Waals surface area (Å²) in [5.41, 5.74) is 16.9. The van der Waals surface area contributed by atoms with Gasteiger partial charge >= 0.3 is 309 Å². The van der Waals surface area contributed by atoms with E-state index >= 15 is 0 Å². The van der Waals surface area contributed by atoms with Gasteiger partial charge in [0.05, 0.1) is 0 Å². The zero-order valence-corrected chi connectivity index (χ0v) is 29.7. The third-order valence-corrected chi connectivity index (χ3v) is 13.4. The van der Waals surface area contributed by atoms with E-state index in [4.69, 9.17) is 10.2 Å². The number of fused-ring (bicyclic) bond motifs is 9. The van der Waals surface area contributed by atoms with Crippen molar-refractivity contribution in [1.29, 1.82) is 0 Å². The van der Waals surface area contributed by atoms with Crippen molar-refractivity contribution in [3.63, 3.8) is 0 Å². The van der Waals surface area contributed by atoms with Gasteiger partial charge in [-0.05, 0) is 0 Å². The number of aromatic nitrogens is 3. The topological polar surface area (TPSA) is 38.7 Å². The molecule has 0 saturated carbocycles. The fraction of sp³-hybridized carbons (Fsp3) is 0.0208. The number of benzene rings is 5. The van der Waals surface area contributed by atoms with E-state index in [-0.39, 0.29) is 14.5 Å². The monoisotopic (exact) mass is 727 g/mol. The van der Waals surface area contributed by atoms with Crippen LogP contribution in [0.1, 0.15) is 27.8 Å². The Morgan fingerprint density at radius 1 is 0.481 bits per heavy atom. The number of rotatable bonds is 4. The summed E-state index contributed by atoms with van der Waals surface area (Å²) < 4.78 is 2.59. The van der Waals surface area contributed by atoms with E-state index in [9.17, 15) is 0 Å². The molecule has 11 rings (SSSR count). The molecule has 242 valence electrons. The Balaban J connectivity index is 1.26. The van der Waals surface area contributed by atoms with Gasteiger partial charge in [-0.15, -0.1) is 0 Å². The van der Waals surface area contributed by atoms with Gasteiger partial charge in [-0.3, -0.25) is 0 Å². The van der Waals surface area contributed by atoms with Crippen molar-refractivity contribution in [3.05, 3.63) is 203 Å². The Morgan fingerprint density at radius 3 is 1.81 bits per heavy atom. The molecule has 3 nitrogen and oxygen atoms in total. The van der Waals surface area contributed by atoms with Crippen LogP contribution in [0.25, 0.3) is 71.0 Å². The number of hydrogen-bond acceptors (Lipinski definition) is 3. The molecule has 1 spiro atoms. The van der Waals surface area contributed by atoms with Crippen molar-refractivity contribution in [2.24, 2.45) is 5.41 Å². The zero-order chi connectivity index (χ0) is 34.2. The van der Waals surface area contributed by atoms with Crippen LogP contribution in [0.3, 0.4) is 0 Å². The van der Waals surface area contributed by atoms with E-state index in [0.717, 1.165) is 22.5 Å². The first-order chi connectivity index (χ1) is 25.8. The van der Waals surface area contributed by atoms with E-state index in [1.54, 1.807) is 0 Å². The molecule has 0 N–H and O–H groups in total. The number of nitrogens with zero attached hydrogens (tertiary/aromatic N) is 3. The summed E-state index contributed by atoms with van der Waals surface area (Å²) in [5.74, 6) is 0. The van der Waals surface area contributed by atoms with Crippen LogP contribution >= 0.6 is 0 Å². The van der Waals surface area contributed by atoms with Gasteiger partial charge < -0.3 is 0 Å². The second kappa shape index (κ2) is 11.4. The maximum absolute atomic E-state index is 5.07. The molecular formula is C48H29N3Se. The predicted octanol–water partition coefficient (Wildman–Crippen LogP) is 11.0. The summed E-state index contributed by atoms with van der Waals surface area (Å²) in [4.78, 5) is 0. The van der Waals surface area contributed by atoms with E-state index in [2.05, 4.69) is 181 Å². The van der Waals surface area contributed by atoms with Crippen LogP contribution in [-0.2, 0) is 0 Å². The summed E-state index contributed by atoms with van der Waals surface area (Å²) in [6, 6.07) is 47.7. The molecule has 0 radical (unpaired) electrons. The molecule has 4 aliphatic rings. The van der Waals surface area contributed by atoms with E-state index in [1.165, 1.54) is 75.3 Å². The molecule has 7 aromatic rings. The molecule has 0 amide bonds. The first-order valence-electron chi connectivity index (χ1n) is 17.6. The number of hydrogen-bond donors (Lipinski definition) is 0. The average molecular weight is 727 g/mol. The Kier molecular flexibility index (Phi) is 6.48. The Labute approximate surface area is 307 Å². The van der Waals surface area contributed by atoms with E-state index < -0.39 is 5.41 Å². The first-order valence-corrected chi connectivity index (χ1v) is 19.3. The van der Waals surface area contributed by atoms with Gasteiger partial charge in [0.1, 0.15) is 0 Å². The molecule has 4 heteroatoms. The molecule has 0 aliphatic heterocycles. The summed E-state index contributed by atoms with van der Waals surface area (Å²) in [7, 11) is 0. The molecular weight excluding hydrogens is 698 g/mol. The van der Waals surface area contributed by atoms with Crippen LogP contribution in [0.15, 0.2) is 175 Å². The van der Waals surface area contributed by atoms with Gasteiger partial charge in [-0.1, -0.05) is 0 Å². The third kappa shape index (κ3) is 4.17. The van der Waals surface area contributed by atoms with Crippen molar-refractivity contribution < 1.29 is 0 Å². The normalized spacial score (nSPS) is 17.8. The summed E-state index contributed by atoms with van der Waals surface area (Å²) in [5, 5.41) is 15.8. The minimum absolute atomic E-state index is 0.0108. The molecule has 0 bridgehead atoms. The molecule has 5 aromatic carbocycles. The standard InChI is InChI=1S/C48H29N3Se/c1-3-14-30(15-4-1)43-38-22-11-12-24-42(38)52-47(43)46-44(45(49-51-50-46)31-16-5-2-6-17-31)39-26-25-37-35-21-10-8-19-33(35)29-41(37)48(39)27-13-23-36-34-20-9-7-18-32(34)28-40(36)48/h1-29H. The van der Waals surface area contributed by atoms with Crippen molar-refractivity contribution >= 4 is 53.0 Å². The third-order valence-electron chi connectivity index (χ3n) is 10.9. The first kappa shape index (κ1) is 29.5. The predicted molar refractivity (Wildman–Crippen MR) is 215 cm³/mol. The fourth-order valence-corrected chi connectivity index (χ4v) is 11.3. The fourth-order valence-electron chi connectivity index (χ4n) is 8.72. The molecule has 52 heavy (non-hydrogen) atoms. The molecule has 4 aliphatic carbocycles. The SMILES string of the molecule is C1=CC2(C3=Cc4ccccc4C3=C1)C1=Cc3ccccc3C1=CC=C2c1c(-c2ccccc2)nnnc1-c1[se]c2ccccc2c1-c1ccccc1. The van der Waals surface area contributed by atoms with Crippen molar-refractivity contribution in [2.75, 3.05) is 0 Å². The zero-order valence-electron chi connectivity index (χ0n) is 28.0. The molecule has 0 saturated heterocycles. The van der Waals surface area contributed by atoms with Crippen molar-refractivity contribution in [2.45, 2.75) is 0 Å². The van der Waals surface area contributed by atoms with Gasteiger partial charge in [0, 0.05) is 0 Å². The van der Waals surface area contributed by atoms with Crippen LogP contribution in [0.5, 0.6) is 0 Å². The van der Waals surface area contributed by atoms with E-state index in [0.29, 0.717) is 0 Å².